The highest BCUT2D eigenvalue weighted by Crippen LogP contribution is 2.40. The highest BCUT2D eigenvalue weighted by Gasteiger charge is 2.32. The summed E-state index contributed by atoms with van der Waals surface area (Å²) >= 11 is 6.42. The maximum atomic E-state index is 11.9. The molecular formula is C32H35ClN4O3. The second kappa shape index (κ2) is 10.8. The Labute approximate surface area is 239 Å². The quantitative estimate of drug-likeness (QED) is 0.280. The summed E-state index contributed by atoms with van der Waals surface area (Å²) in [7, 11) is 0. The van der Waals surface area contributed by atoms with Gasteiger partial charge in [-0.3, -0.25) is 4.79 Å². The number of piperidine rings is 1. The zero-order chi connectivity index (χ0) is 27.9. The Bertz CT molecular complexity index is 1570. The third kappa shape index (κ3) is 5.27. The number of aryl methyl sites for hydroxylation is 1. The molecule has 7 rings (SSSR count). The third-order valence-electron chi connectivity index (χ3n) is 8.57. The van der Waals surface area contributed by atoms with Gasteiger partial charge in [0.15, 0.2) is 5.65 Å². The number of carbonyl (C=O) groups is 1. The number of ether oxygens (including phenoxy) is 1. The zero-order valence-corrected chi connectivity index (χ0v) is 23.9. The van der Waals surface area contributed by atoms with Gasteiger partial charge in [-0.1, -0.05) is 49.6 Å². The van der Waals surface area contributed by atoms with Gasteiger partial charge in [-0.05, 0) is 67.9 Å². The summed E-state index contributed by atoms with van der Waals surface area (Å²) < 4.78 is 8.14. The fourth-order valence-corrected chi connectivity index (χ4v) is 6.35. The fraction of sp³-hybridized carbons (Fsp3) is 0.406. The van der Waals surface area contributed by atoms with Crippen LogP contribution >= 0.6 is 11.6 Å². The summed E-state index contributed by atoms with van der Waals surface area (Å²) in [5.74, 6) is 0.820. The standard InChI is InChI=1S/C32H35ClN4O3/c1-21-25(19-30(38)39)31-36-14-12-32(2,13-15-36)11-4-3-5-16-40-28-10-9-24(33)18-26(28)22-7-6-8-23(17-22)27-20-29(34-21)37(31)35-27/h6-10,17-18,20H,3-5,11-16,19H2,1-2H3,(H,38,39). The Morgan fingerprint density at radius 3 is 2.65 bits per heavy atom. The molecule has 1 fully saturated rings. The largest absolute Gasteiger partial charge is 0.493 e. The summed E-state index contributed by atoms with van der Waals surface area (Å²) in [6.07, 6.45) is 6.51. The van der Waals surface area contributed by atoms with Crippen molar-refractivity contribution in [2.24, 2.45) is 5.41 Å². The van der Waals surface area contributed by atoms with Gasteiger partial charge in [0, 0.05) is 46.6 Å². The predicted octanol–water partition coefficient (Wildman–Crippen LogP) is 7.21. The van der Waals surface area contributed by atoms with Gasteiger partial charge in [0.25, 0.3) is 0 Å². The second-order valence-electron chi connectivity index (χ2n) is 11.5. The number of carboxylic acid groups (broad SMARTS) is 1. The molecular weight excluding hydrogens is 524 g/mol. The number of rotatable bonds is 2. The lowest BCUT2D eigenvalue weighted by Gasteiger charge is -2.41. The summed E-state index contributed by atoms with van der Waals surface area (Å²) in [5.41, 5.74) is 6.14. The number of nitrogens with zero attached hydrogens (tertiary/aromatic N) is 4. The molecule has 208 valence electrons. The minimum atomic E-state index is -0.863. The van der Waals surface area contributed by atoms with Gasteiger partial charge in [0.05, 0.1) is 18.7 Å². The van der Waals surface area contributed by atoms with E-state index in [1.54, 1.807) is 0 Å². The lowest BCUT2D eigenvalue weighted by atomic mass is 9.76. The van der Waals surface area contributed by atoms with Crippen molar-refractivity contribution in [3.05, 3.63) is 64.8 Å². The number of anilines is 1. The van der Waals surface area contributed by atoms with Crippen molar-refractivity contribution in [2.75, 3.05) is 24.6 Å². The van der Waals surface area contributed by atoms with Crippen LogP contribution in [0.5, 0.6) is 5.75 Å². The van der Waals surface area contributed by atoms with Gasteiger partial charge >= 0.3 is 5.97 Å². The lowest BCUT2D eigenvalue weighted by molar-refractivity contribution is -0.136. The second-order valence-corrected chi connectivity index (χ2v) is 12.0. The molecule has 0 atom stereocenters. The van der Waals surface area contributed by atoms with Crippen LogP contribution in [-0.4, -0.2) is 45.4 Å². The van der Waals surface area contributed by atoms with Gasteiger partial charge in [-0.25, -0.2) is 4.98 Å². The van der Waals surface area contributed by atoms with E-state index in [1.807, 2.05) is 47.8 Å². The molecule has 1 saturated heterocycles. The van der Waals surface area contributed by atoms with E-state index in [9.17, 15) is 9.90 Å². The molecule has 6 bridgehead atoms. The number of aromatic nitrogens is 3. The molecule has 40 heavy (non-hydrogen) atoms. The molecule has 0 spiro atoms. The molecule has 0 saturated carbocycles. The number of benzene rings is 2. The van der Waals surface area contributed by atoms with Crippen molar-refractivity contribution in [3.63, 3.8) is 0 Å². The van der Waals surface area contributed by atoms with Crippen molar-refractivity contribution in [3.8, 4) is 28.1 Å². The van der Waals surface area contributed by atoms with Crippen molar-refractivity contribution >= 4 is 29.0 Å². The van der Waals surface area contributed by atoms with E-state index in [0.29, 0.717) is 11.6 Å². The van der Waals surface area contributed by atoms with E-state index >= 15 is 0 Å². The van der Waals surface area contributed by atoms with Crippen LogP contribution in [0.3, 0.4) is 0 Å². The molecule has 3 aliphatic heterocycles. The van der Waals surface area contributed by atoms with Gasteiger partial charge in [-0.2, -0.15) is 9.61 Å². The van der Waals surface area contributed by atoms with Crippen LogP contribution in [-0.2, 0) is 11.2 Å². The first kappa shape index (κ1) is 26.6. The van der Waals surface area contributed by atoms with Crippen LogP contribution < -0.4 is 9.64 Å². The van der Waals surface area contributed by atoms with Crippen LogP contribution in [0.15, 0.2) is 48.5 Å². The average Bonchev–Trinajstić information content (AvgIpc) is 3.35. The van der Waals surface area contributed by atoms with Crippen molar-refractivity contribution in [2.45, 2.75) is 58.8 Å². The Kier molecular flexibility index (Phi) is 7.17. The molecule has 0 amide bonds. The van der Waals surface area contributed by atoms with Crippen LogP contribution in [0.2, 0.25) is 5.02 Å². The lowest BCUT2D eigenvalue weighted by Crippen LogP contribution is -2.40. The summed E-state index contributed by atoms with van der Waals surface area (Å²) in [6, 6.07) is 16.0. The number of carboxylic acids is 1. The van der Waals surface area contributed by atoms with Gasteiger partial charge in [0.1, 0.15) is 11.6 Å². The topological polar surface area (TPSA) is 80.0 Å². The van der Waals surface area contributed by atoms with E-state index < -0.39 is 5.97 Å². The van der Waals surface area contributed by atoms with E-state index in [1.165, 1.54) is 12.8 Å². The Balaban J connectivity index is 1.51. The molecule has 7 nitrogen and oxygen atoms in total. The number of halogens is 1. The van der Waals surface area contributed by atoms with Gasteiger partial charge in [0.2, 0.25) is 0 Å². The van der Waals surface area contributed by atoms with Crippen LogP contribution in [0.1, 0.15) is 56.7 Å². The van der Waals surface area contributed by atoms with E-state index in [4.69, 9.17) is 26.4 Å². The maximum absolute atomic E-state index is 11.9. The molecule has 3 aliphatic rings. The highest BCUT2D eigenvalue weighted by molar-refractivity contribution is 6.31. The summed E-state index contributed by atoms with van der Waals surface area (Å²) in [6.45, 7) is 6.71. The molecule has 2 aromatic heterocycles. The molecule has 2 aromatic carbocycles. The monoisotopic (exact) mass is 558 g/mol. The Morgan fingerprint density at radius 1 is 1.05 bits per heavy atom. The molecule has 0 unspecified atom stereocenters. The van der Waals surface area contributed by atoms with Gasteiger partial charge < -0.3 is 14.7 Å². The van der Waals surface area contributed by atoms with E-state index in [-0.39, 0.29) is 11.8 Å². The first-order chi connectivity index (χ1) is 19.3. The summed E-state index contributed by atoms with van der Waals surface area (Å²) in [4.78, 5) is 19.0. The molecule has 0 aliphatic carbocycles. The molecule has 1 N–H and O–H groups in total. The molecule has 0 radical (unpaired) electrons. The van der Waals surface area contributed by atoms with Crippen molar-refractivity contribution in [1.82, 2.24) is 14.6 Å². The van der Waals surface area contributed by atoms with Crippen molar-refractivity contribution in [1.29, 1.82) is 0 Å². The van der Waals surface area contributed by atoms with E-state index in [0.717, 1.165) is 89.6 Å². The first-order valence-electron chi connectivity index (χ1n) is 14.2. The first-order valence-corrected chi connectivity index (χ1v) is 14.6. The van der Waals surface area contributed by atoms with E-state index in [2.05, 4.69) is 24.0 Å². The smallest absolute Gasteiger partial charge is 0.308 e. The number of aliphatic carboxylic acids is 1. The zero-order valence-electron chi connectivity index (χ0n) is 23.1. The SMILES string of the molecule is Cc1nc2cc3nn2c(c1CC(=O)O)N1CCC(C)(CCCCCOc2ccc(Cl)cc2-c2cccc-3c2)CC1. The van der Waals surface area contributed by atoms with Crippen molar-refractivity contribution < 1.29 is 14.6 Å². The normalized spacial score (nSPS) is 17.1. The van der Waals surface area contributed by atoms with Crippen LogP contribution in [0, 0.1) is 12.3 Å². The molecule has 4 aromatic rings. The molecule has 8 heteroatoms. The predicted molar refractivity (Wildman–Crippen MR) is 158 cm³/mol. The maximum Gasteiger partial charge on any atom is 0.308 e. The van der Waals surface area contributed by atoms with Crippen LogP contribution in [0.25, 0.3) is 28.0 Å². The average molecular weight is 559 g/mol. The fourth-order valence-electron chi connectivity index (χ4n) is 6.18. The minimum absolute atomic E-state index is 0.0832. The van der Waals surface area contributed by atoms with Crippen LogP contribution in [0.4, 0.5) is 5.82 Å². The summed E-state index contributed by atoms with van der Waals surface area (Å²) in [5, 5.41) is 15.4. The molecule has 5 heterocycles. The third-order valence-corrected chi connectivity index (χ3v) is 8.81. The van der Waals surface area contributed by atoms with Gasteiger partial charge in [-0.15, -0.1) is 0 Å². The Morgan fingerprint density at radius 2 is 1.85 bits per heavy atom. The number of hydrogen-bond acceptors (Lipinski definition) is 5. The highest BCUT2D eigenvalue weighted by atomic mass is 35.5. The Hall–Kier alpha value is -3.58. The minimum Gasteiger partial charge on any atom is -0.493 e. The number of fused-ring (bicyclic) bond motifs is 7. The number of hydrogen-bond donors (Lipinski definition) is 1.